The van der Waals surface area contributed by atoms with Gasteiger partial charge in [0.2, 0.25) is 0 Å². The Labute approximate surface area is 320 Å². The number of hydrogen-bond acceptors (Lipinski definition) is 11. The fourth-order valence-corrected chi connectivity index (χ4v) is 5.63. The van der Waals surface area contributed by atoms with Gasteiger partial charge in [-0.05, 0) is 102 Å². The summed E-state index contributed by atoms with van der Waals surface area (Å²) >= 11 is 0. The van der Waals surface area contributed by atoms with E-state index in [4.69, 9.17) is 0 Å². The number of azo groups is 2. The Balaban J connectivity index is 0.00000312. The molecule has 0 bridgehead atoms. The fourth-order valence-electron chi connectivity index (χ4n) is 4.43. The third-order valence-electron chi connectivity index (χ3n) is 6.77. The summed E-state index contributed by atoms with van der Waals surface area (Å²) < 4.78 is 68.1. The molecule has 0 aromatic heterocycles. The molecule has 13 nitrogen and oxygen atoms in total. The van der Waals surface area contributed by atoms with Crippen LogP contribution >= 0.6 is 0 Å². The van der Waals surface area contributed by atoms with Crippen molar-refractivity contribution in [1.82, 2.24) is 0 Å². The molecular weight excluding hydrogens is 680 g/mol. The van der Waals surface area contributed by atoms with Crippen molar-refractivity contribution in [2.75, 3.05) is 5.32 Å². The van der Waals surface area contributed by atoms with E-state index in [0.29, 0.717) is 33.8 Å². The summed E-state index contributed by atoms with van der Waals surface area (Å²) in [7, 11) is -9.52. The van der Waals surface area contributed by atoms with Crippen LogP contribution in [0.15, 0.2) is 121 Å². The standard InChI is InChI=1S/C31H25N5O8S2.2Na/c1-18-14-23(33-34-27-13-10-24(15-19(27)2)45(39,40)41)9-12-26(18)35-36-29-28(46(42,43)44)17-21-16-22(8-11-25(21)30(29)37)32-31(38)20-6-4-3-5-7-20;;/h3-17,37H,1-2H3,(H,32,38)(H,39,40,41)(H,42,43,44);;/q;2*+1/p-2. The molecule has 0 unspecified atom stereocenters. The maximum atomic E-state index is 13.3. The van der Waals surface area contributed by atoms with Crippen molar-refractivity contribution < 1.29 is 95.0 Å². The Hall–Kier alpha value is -3.35. The van der Waals surface area contributed by atoms with Crippen molar-refractivity contribution in [2.24, 2.45) is 20.5 Å². The number of carbonyl (C=O) groups is 1. The zero-order valence-electron chi connectivity index (χ0n) is 26.1. The number of fused-ring (bicyclic) bond motifs is 1. The minimum atomic E-state index is -4.91. The molecule has 48 heavy (non-hydrogen) atoms. The van der Waals surface area contributed by atoms with E-state index in [1.54, 1.807) is 50.2 Å². The first-order valence-corrected chi connectivity index (χ1v) is 16.2. The monoisotopic (exact) mass is 703 g/mol. The molecule has 0 atom stereocenters. The predicted octanol–water partition coefficient (Wildman–Crippen LogP) is 0.772. The number of nitrogens with one attached hydrogen (secondary N) is 1. The third-order valence-corrected chi connectivity index (χ3v) is 8.47. The Morgan fingerprint density at radius 3 is 1.98 bits per heavy atom. The molecule has 0 radical (unpaired) electrons. The molecule has 0 aliphatic rings. The largest absolute Gasteiger partial charge is 1.00 e. The van der Waals surface area contributed by atoms with Gasteiger partial charge in [0.25, 0.3) is 16.0 Å². The molecule has 0 aliphatic heterocycles. The zero-order valence-corrected chi connectivity index (χ0v) is 31.7. The van der Waals surface area contributed by atoms with E-state index in [0.717, 1.165) is 12.1 Å². The van der Waals surface area contributed by atoms with E-state index in [-0.39, 0.29) is 80.5 Å². The van der Waals surface area contributed by atoms with Crippen molar-refractivity contribution in [1.29, 1.82) is 0 Å². The second-order valence-corrected chi connectivity index (χ2v) is 12.8. The molecule has 0 heterocycles. The van der Waals surface area contributed by atoms with Crippen molar-refractivity contribution >= 4 is 65.4 Å². The summed E-state index contributed by atoms with van der Waals surface area (Å²) in [5, 5.41) is 32.4. The number of amides is 1. The molecule has 1 amide bonds. The Bertz CT molecular complexity index is 2300. The first-order chi connectivity index (χ1) is 21.7. The van der Waals surface area contributed by atoms with Gasteiger partial charge in [0, 0.05) is 11.3 Å². The van der Waals surface area contributed by atoms with Gasteiger partial charge in [-0.15, -0.1) is 5.11 Å². The summed E-state index contributed by atoms with van der Waals surface area (Å²) in [5.41, 5.74) is 2.05. The van der Waals surface area contributed by atoms with Crippen LogP contribution < -0.4 is 69.5 Å². The first kappa shape index (κ1) is 39.1. The van der Waals surface area contributed by atoms with E-state index in [1.807, 2.05) is 0 Å². The molecule has 5 aromatic rings. The van der Waals surface area contributed by atoms with Crippen LogP contribution in [-0.2, 0) is 20.2 Å². The van der Waals surface area contributed by atoms with Gasteiger partial charge in [0.1, 0.15) is 15.0 Å². The molecule has 0 aliphatic carbocycles. The second-order valence-electron chi connectivity index (χ2n) is 10.1. The topological polar surface area (TPSA) is 213 Å². The molecule has 0 spiro atoms. The van der Waals surface area contributed by atoms with Gasteiger partial charge in [-0.3, -0.25) is 9.35 Å². The fraction of sp³-hybridized carbons (Fsp3) is 0.0645. The minimum Gasteiger partial charge on any atom is -0.871 e. The molecule has 0 saturated carbocycles. The zero-order chi connectivity index (χ0) is 33.2. The van der Waals surface area contributed by atoms with E-state index in [1.165, 1.54) is 42.5 Å². The predicted molar refractivity (Wildman–Crippen MR) is 166 cm³/mol. The SMILES string of the molecule is Cc1cc(S(=O)(=O)[O-])ccc1N=Nc1ccc(N=Nc2c(S(=O)(=O)O)cc3cc(NC(=O)c4ccccc4)ccc3c2[O-])c(C)c1.[Na+].[Na+]. The number of rotatable bonds is 8. The van der Waals surface area contributed by atoms with Crippen molar-refractivity contribution in [3.05, 3.63) is 108 Å². The molecular formula is C31H23N5Na2O8S2. The van der Waals surface area contributed by atoms with Crippen molar-refractivity contribution in [3.63, 3.8) is 0 Å². The number of benzene rings is 5. The molecule has 234 valence electrons. The van der Waals surface area contributed by atoms with Crippen LogP contribution in [-0.4, -0.2) is 31.8 Å². The van der Waals surface area contributed by atoms with Gasteiger partial charge < -0.3 is 15.0 Å². The van der Waals surface area contributed by atoms with Gasteiger partial charge in [0.15, 0.2) is 0 Å². The van der Waals surface area contributed by atoms with Crippen LogP contribution in [0.25, 0.3) is 10.8 Å². The molecule has 5 rings (SSSR count). The number of anilines is 1. The summed E-state index contributed by atoms with van der Waals surface area (Å²) in [5.74, 6) is -1.21. The Morgan fingerprint density at radius 1 is 0.750 bits per heavy atom. The number of nitrogens with zero attached hydrogens (tertiary/aromatic N) is 4. The Morgan fingerprint density at radius 2 is 1.38 bits per heavy atom. The number of aryl methyl sites for hydroxylation is 2. The van der Waals surface area contributed by atoms with Crippen molar-refractivity contribution in [2.45, 2.75) is 23.6 Å². The smallest absolute Gasteiger partial charge is 0.871 e. The maximum absolute atomic E-state index is 13.3. The second kappa shape index (κ2) is 15.9. The summed E-state index contributed by atoms with van der Waals surface area (Å²) in [4.78, 5) is 11.4. The quantitative estimate of drug-likeness (QED) is 0.134. The van der Waals surface area contributed by atoms with Crippen LogP contribution in [0.4, 0.5) is 28.4 Å². The van der Waals surface area contributed by atoms with Gasteiger partial charge in [-0.2, -0.15) is 23.8 Å². The van der Waals surface area contributed by atoms with Crippen LogP contribution in [0.2, 0.25) is 0 Å². The number of hydrogen-bond donors (Lipinski definition) is 2. The normalized spacial score (nSPS) is 11.8. The molecule has 2 N–H and O–H groups in total. The van der Waals surface area contributed by atoms with Gasteiger partial charge >= 0.3 is 59.1 Å². The van der Waals surface area contributed by atoms with Crippen LogP contribution in [0.1, 0.15) is 21.5 Å². The van der Waals surface area contributed by atoms with Crippen LogP contribution in [0.5, 0.6) is 5.75 Å². The van der Waals surface area contributed by atoms with Crippen LogP contribution in [0, 0.1) is 13.8 Å². The first-order valence-electron chi connectivity index (χ1n) is 13.3. The Kier molecular flexibility index (Phi) is 13.0. The minimum absolute atomic E-state index is 0. The summed E-state index contributed by atoms with van der Waals surface area (Å²) in [6.45, 7) is 3.25. The van der Waals surface area contributed by atoms with E-state index in [9.17, 15) is 35.8 Å². The maximum Gasteiger partial charge on any atom is 1.00 e. The molecule has 5 aromatic carbocycles. The van der Waals surface area contributed by atoms with Gasteiger partial charge in [-0.25, -0.2) is 8.42 Å². The van der Waals surface area contributed by atoms with Crippen molar-refractivity contribution in [3.8, 4) is 5.75 Å². The van der Waals surface area contributed by atoms with Gasteiger partial charge in [0.05, 0.1) is 27.6 Å². The molecule has 0 saturated heterocycles. The van der Waals surface area contributed by atoms with E-state index < -0.39 is 42.5 Å². The van der Waals surface area contributed by atoms with E-state index >= 15 is 0 Å². The number of carbonyl (C=O) groups excluding carboxylic acids is 1. The third kappa shape index (κ3) is 9.21. The molecule has 0 fully saturated rings. The summed E-state index contributed by atoms with van der Waals surface area (Å²) in [6, 6.07) is 22.1. The van der Waals surface area contributed by atoms with E-state index in [2.05, 4.69) is 25.8 Å². The van der Waals surface area contributed by atoms with Crippen LogP contribution in [0.3, 0.4) is 0 Å². The average molecular weight is 704 g/mol. The summed E-state index contributed by atoms with van der Waals surface area (Å²) in [6.07, 6.45) is 0. The molecule has 17 heteroatoms. The van der Waals surface area contributed by atoms with Gasteiger partial charge in [-0.1, -0.05) is 30.0 Å². The average Bonchev–Trinajstić information content (AvgIpc) is 3.00.